The summed E-state index contributed by atoms with van der Waals surface area (Å²) in [4.78, 5) is 28.3. The Kier molecular flexibility index (Phi) is 5.95. The molecule has 22 heavy (non-hydrogen) atoms. The standard InChI is InChI=1S/C17H25N3O2/c1-3-15-13-19(17(22)11-18-2)10-9-16(21)20(15)12-14-7-5-4-6-8-14/h4-8,15,18H,3,9-13H2,1-2H3/t15-/m1/s1. The third kappa shape index (κ3) is 4.07. The molecule has 1 N–H and O–H groups in total. The number of benzene rings is 1. The van der Waals surface area contributed by atoms with Crippen LogP contribution in [0.3, 0.4) is 0 Å². The zero-order valence-corrected chi connectivity index (χ0v) is 13.4. The largest absolute Gasteiger partial charge is 0.339 e. The number of hydrogen-bond donors (Lipinski definition) is 1. The molecular formula is C17H25N3O2. The van der Waals surface area contributed by atoms with E-state index in [4.69, 9.17) is 0 Å². The van der Waals surface area contributed by atoms with Crippen LogP contribution in [0.2, 0.25) is 0 Å². The Morgan fingerprint density at radius 3 is 2.68 bits per heavy atom. The van der Waals surface area contributed by atoms with E-state index in [1.165, 1.54) is 0 Å². The first-order chi connectivity index (χ1) is 10.7. The maximum Gasteiger partial charge on any atom is 0.236 e. The summed E-state index contributed by atoms with van der Waals surface area (Å²) in [6.07, 6.45) is 1.25. The van der Waals surface area contributed by atoms with Crippen molar-refractivity contribution >= 4 is 11.8 Å². The van der Waals surface area contributed by atoms with Gasteiger partial charge in [0.1, 0.15) is 0 Å². The second-order valence-corrected chi connectivity index (χ2v) is 5.69. The summed E-state index contributed by atoms with van der Waals surface area (Å²) < 4.78 is 0. The zero-order valence-electron chi connectivity index (χ0n) is 13.4. The Balaban J connectivity index is 2.12. The van der Waals surface area contributed by atoms with Gasteiger partial charge in [-0.15, -0.1) is 0 Å². The molecule has 0 unspecified atom stereocenters. The van der Waals surface area contributed by atoms with Crippen LogP contribution in [-0.4, -0.2) is 54.3 Å². The first kappa shape index (κ1) is 16.5. The highest BCUT2D eigenvalue weighted by Crippen LogP contribution is 2.17. The van der Waals surface area contributed by atoms with Crippen LogP contribution in [0.25, 0.3) is 0 Å². The highest BCUT2D eigenvalue weighted by molar-refractivity contribution is 5.81. The Morgan fingerprint density at radius 1 is 1.32 bits per heavy atom. The van der Waals surface area contributed by atoms with E-state index in [-0.39, 0.29) is 17.9 Å². The van der Waals surface area contributed by atoms with Crippen molar-refractivity contribution in [2.75, 3.05) is 26.7 Å². The average molecular weight is 303 g/mol. The van der Waals surface area contributed by atoms with E-state index in [0.29, 0.717) is 32.6 Å². The minimum absolute atomic E-state index is 0.0651. The minimum atomic E-state index is 0.0651. The highest BCUT2D eigenvalue weighted by atomic mass is 16.2. The molecule has 120 valence electrons. The lowest BCUT2D eigenvalue weighted by molar-refractivity contribution is -0.133. The second-order valence-electron chi connectivity index (χ2n) is 5.69. The molecule has 1 aromatic rings. The predicted octanol–water partition coefficient (Wildman–Crippen LogP) is 1.25. The van der Waals surface area contributed by atoms with Gasteiger partial charge in [0, 0.05) is 32.1 Å². The Labute approximate surface area is 132 Å². The number of likely N-dealkylation sites (N-methyl/N-ethyl adjacent to an activating group) is 1. The van der Waals surface area contributed by atoms with E-state index in [0.717, 1.165) is 12.0 Å². The Bertz CT molecular complexity index is 504. The number of amides is 2. The molecule has 1 heterocycles. The zero-order chi connectivity index (χ0) is 15.9. The molecule has 0 bridgehead atoms. The van der Waals surface area contributed by atoms with Gasteiger partial charge >= 0.3 is 0 Å². The maximum absolute atomic E-state index is 12.5. The SMILES string of the molecule is CC[C@@H]1CN(C(=O)CNC)CCC(=O)N1Cc1ccccc1. The molecule has 0 spiro atoms. The van der Waals surface area contributed by atoms with Crippen molar-refractivity contribution in [3.05, 3.63) is 35.9 Å². The average Bonchev–Trinajstić information content (AvgIpc) is 2.69. The monoisotopic (exact) mass is 303 g/mol. The topological polar surface area (TPSA) is 52.7 Å². The Morgan fingerprint density at radius 2 is 2.05 bits per heavy atom. The van der Waals surface area contributed by atoms with Crippen LogP contribution < -0.4 is 5.32 Å². The van der Waals surface area contributed by atoms with Crippen LogP contribution in [0, 0.1) is 0 Å². The number of carbonyl (C=O) groups is 2. The van der Waals surface area contributed by atoms with Crippen molar-refractivity contribution in [1.29, 1.82) is 0 Å². The van der Waals surface area contributed by atoms with Crippen LogP contribution in [-0.2, 0) is 16.1 Å². The van der Waals surface area contributed by atoms with Gasteiger partial charge in [0.2, 0.25) is 11.8 Å². The molecule has 2 rings (SSSR count). The van der Waals surface area contributed by atoms with Crippen LogP contribution in [0.4, 0.5) is 0 Å². The lowest BCUT2D eigenvalue weighted by atomic mass is 10.1. The van der Waals surface area contributed by atoms with Gasteiger partial charge < -0.3 is 15.1 Å². The van der Waals surface area contributed by atoms with Crippen molar-refractivity contribution < 1.29 is 9.59 Å². The van der Waals surface area contributed by atoms with Crippen molar-refractivity contribution in [3.8, 4) is 0 Å². The van der Waals surface area contributed by atoms with Gasteiger partial charge in [-0.25, -0.2) is 0 Å². The summed E-state index contributed by atoms with van der Waals surface area (Å²) in [6, 6.07) is 10.1. The molecule has 5 heteroatoms. The van der Waals surface area contributed by atoms with Gasteiger partial charge in [0.15, 0.2) is 0 Å². The predicted molar refractivity (Wildman–Crippen MR) is 86.2 cm³/mol. The van der Waals surface area contributed by atoms with Gasteiger partial charge in [-0.05, 0) is 19.0 Å². The fraction of sp³-hybridized carbons (Fsp3) is 0.529. The maximum atomic E-state index is 12.5. The summed E-state index contributed by atoms with van der Waals surface area (Å²) in [5, 5.41) is 2.89. The van der Waals surface area contributed by atoms with E-state index in [2.05, 4.69) is 12.2 Å². The van der Waals surface area contributed by atoms with Crippen molar-refractivity contribution in [3.63, 3.8) is 0 Å². The van der Waals surface area contributed by atoms with Gasteiger partial charge in [-0.1, -0.05) is 37.3 Å². The molecule has 1 aromatic carbocycles. The first-order valence-corrected chi connectivity index (χ1v) is 7.91. The van der Waals surface area contributed by atoms with Gasteiger partial charge in [-0.3, -0.25) is 9.59 Å². The molecule has 1 atom stereocenters. The molecule has 0 aliphatic carbocycles. The van der Waals surface area contributed by atoms with E-state index in [9.17, 15) is 9.59 Å². The number of carbonyl (C=O) groups excluding carboxylic acids is 2. The van der Waals surface area contributed by atoms with Gasteiger partial charge in [0.05, 0.1) is 6.54 Å². The van der Waals surface area contributed by atoms with Crippen molar-refractivity contribution in [2.45, 2.75) is 32.4 Å². The molecule has 2 amide bonds. The van der Waals surface area contributed by atoms with E-state index >= 15 is 0 Å². The van der Waals surface area contributed by atoms with E-state index in [1.54, 1.807) is 7.05 Å². The summed E-state index contributed by atoms with van der Waals surface area (Å²) in [6.45, 7) is 4.15. The lowest BCUT2D eigenvalue weighted by Gasteiger charge is -2.31. The fourth-order valence-corrected chi connectivity index (χ4v) is 2.86. The van der Waals surface area contributed by atoms with Crippen molar-refractivity contribution in [2.24, 2.45) is 0 Å². The Hall–Kier alpha value is -1.88. The molecule has 1 fully saturated rings. The molecule has 1 aliphatic heterocycles. The molecule has 5 nitrogen and oxygen atoms in total. The van der Waals surface area contributed by atoms with E-state index < -0.39 is 0 Å². The second kappa shape index (κ2) is 7.94. The summed E-state index contributed by atoms with van der Waals surface area (Å²) in [5.41, 5.74) is 1.13. The molecule has 1 saturated heterocycles. The fourth-order valence-electron chi connectivity index (χ4n) is 2.86. The number of nitrogens with one attached hydrogen (secondary N) is 1. The number of hydrogen-bond acceptors (Lipinski definition) is 3. The third-order valence-corrected chi connectivity index (χ3v) is 4.14. The normalized spacial score (nSPS) is 19.2. The van der Waals surface area contributed by atoms with Gasteiger partial charge in [0.25, 0.3) is 0 Å². The van der Waals surface area contributed by atoms with Crippen LogP contribution in [0.1, 0.15) is 25.3 Å². The van der Waals surface area contributed by atoms with Gasteiger partial charge in [-0.2, -0.15) is 0 Å². The van der Waals surface area contributed by atoms with E-state index in [1.807, 2.05) is 40.1 Å². The molecule has 0 aromatic heterocycles. The molecule has 0 radical (unpaired) electrons. The van der Waals surface area contributed by atoms with Crippen molar-refractivity contribution in [1.82, 2.24) is 15.1 Å². The third-order valence-electron chi connectivity index (χ3n) is 4.14. The highest BCUT2D eigenvalue weighted by Gasteiger charge is 2.30. The summed E-state index contributed by atoms with van der Waals surface area (Å²) in [7, 11) is 1.76. The van der Waals surface area contributed by atoms with Crippen LogP contribution in [0.15, 0.2) is 30.3 Å². The summed E-state index contributed by atoms with van der Waals surface area (Å²) in [5.74, 6) is 0.200. The molecule has 0 saturated carbocycles. The first-order valence-electron chi connectivity index (χ1n) is 7.91. The lowest BCUT2D eigenvalue weighted by Crippen LogP contribution is -2.45. The smallest absolute Gasteiger partial charge is 0.236 e. The molecular weight excluding hydrogens is 278 g/mol. The number of rotatable bonds is 5. The summed E-state index contributed by atoms with van der Waals surface area (Å²) >= 11 is 0. The quantitative estimate of drug-likeness (QED) is 0.890. The molecule has 1 aliphatic rings. The number of nitrogens with zero attached hydrogens (tertiary/aromatic N) is 2. The van der Waals surface area contributed by atoms with Crippen LogP contribution in [0.5, 0.6) is 0 Å². The van der Waals surface area contributed by atoms with Crippen LogP contribution >= 0.6 is 0 Å². The minimum Gasteiger partial charge on any atom is -0.339 e.